The zero-order chi connectivity index (χ0) is 12.3. The summed E-state index contributed by atoms with van der Waals surface area (Å²) in [5, 5.41) is 3.59. The third-order valence-electron chi connectivity index (χ3n) is 3.77. The van der Waals surface area contributed by atoms with Gasteiger partial charge in [-0.05, 0) is 43.4 Å². The van der Waals surface area contributed by atoms with Gasteiger partial charge in [0.1, 0.15) is 0 Å². The molecule has 2 unspecified atom stereocenters. The normalized spacial score (nSPS) is 25.6. The van der Waals surface area contributed by atoms with Gasteiger partial charge in [-0.2, -0.15) is 0 Å². The molecule has 0 aromatic heterocycles. The molecule has 2 rings (SSSR count). The van der Waals surface area contributed by atoms with Crippen LogP contribution in [-0.4, -0.2) is 19.2 Å². The summed E-state index contributed by atoms with van der Waals surface area (Å²) in [4.78, 5) is 0. The highest BCUT2D eigenvalue weighted by molar-refractivity contribution is 5.31. The molecule has 2 atom stereocenters. The van der Waals surface area contributed by atoms with Gasteiger partial charge in [-0.15, -0.1) is 0 Å². The van der Waals surface area contributed by atoms with Crippen molar-refractivity contribution in [3.8, 4) is 0 Å². The number of hydrogen-bond donors (Lipinski definition) is 1. The summed E-state index contributed by atoms with van der Waals surface area (Å²) in [5.41, 5.74) is 4.00. The fraction of sp³-hybridized carbons (Fsp3) is 0.600. The lowest BCUT2D eigenvalue weighted by atomic mass is 10.0. The number of benzene rings is 1. The number of aryl methyl sites for hydroxylation is 2. The van der Waals surface area contributed by atoms with Crippen molar-refractivity contribution in [2.45, 2.75) is 45.8 Å². The summed E-state index contributed by atoms with van der Waals surface area (Å²) in [6, 6.07) is 7.26. The van der Waals surface area contributed by atoms with Crippen LogP contribution in [0.3, 0.4) is 0 Å². The second kappa shape index (κ2) is 5.65. The second-order valence-electron chi connectivity index (χ2n) is 5.01. The first-order chi connectivity index (χ1) is 8.20. The summed E-state index contributed by atoms with van der Waals surface area (Å²) in [5.74, 6) is 0. The minimum atomic E-state index is 0.214. The summed E-state index contributed by atoms with van der Waals surface area (Å²) >= 11 is 0. The maximum atomic E-state index is 5.95. The Balaban J connectivity index is 2.08. The van der Waals surface area contributed by atoms with E-state index in [1.165, 1.54) is 23.1 Å². The van der Waals surface area contributed by atoms with Crippen LogP contribution in [0.25, 0.3) is 0 Å². The van der Waals surface area contributed by atoms with Gasteiger partial charge in [-0.3, -0.25) is 0 Å². The highest BCUT2D eigenvalue weighted by Crippen LogP contribution is 2.22. The van der Waals surface area contributed by atoms with E-state index in [2.05, 4.69) is 44.3 Å². The zero-order valence-electron chi connectivity index (χ0n) is 11.1. The molecule has 2 nitrogen and oxygen atoms in total. The molecule has 0 amide bonds. The van der Waals surface area contributed by atoms with Gasteiger partial charge in [-0.25, -0.2) is 0 Å². The van der Waals surface area contributed by atoms with Crippen LogP contribution in [0.2, 0.25) is 0 Å². The Labute approximate surface area is 104 Å². The molecule has 1 saturated heterocycles. The monoisotopic (exact) mass is 233 g/mol. The Hall–Kier alpha value is -0.860. The molecule has 0 bridgehead atoms. The third kappa shape index (κ3) is 3.08. The van der Waals surface area contributed by atoms with E-state index in [4.69, 9.17) is 4.74 Å². The van der Waals surface area contributed by atoms with Crippen molar-refractivity contribution in [1.82, 2.24) is 5.32 Å². The number of hydrogen-bond acceptors (Lipinski definition) is 2. The first kappa shape index (κ1) is 12.6. The molecule has 1 aromatic carbocycles. The lowest BCUT2D eigenvalue weighted by molar-refractivity contribution is 0.0663. The molecule has 1 N–H and O–H groups in total. The topological polar surface area (TPSA) is 21.3 Å². The molecule has 1 aliphatic rings. The van der Waals surface area contributed by atoms with Crippen LogP contribution in [0, 0.1) is 13.8 Å². The molecule has 1 fully saturated rings. The van der Waals surface area contributed by atoms with E-state index >= 15 is 0 Å². The Bertz CT molecular complexity index is 375. The van der Waals surface area contributed by atoms with E-state index in [0.29, 0.717) is 6.04 Å². The smallest absolute Gasteiger partial charge is 0.0949 e. The summed E-state index contributed by atoms with van der Waals surface area (Å²) in [7, 11) is 0. The van der Waals surface area contributed by atoms with Gasteiger partial charge < -0.3 is 10.1 Å². The van der Waals surface area contributed by atoms with Crippen LogP contribution >= 0.6 is 0 Å². The van der Waals surface area contributed by atoms with Gasteiger partial charge in [0.05, 0.1) is 6.10 Å². The van der Waals surface area contributed by atoms with E-state index in [1.807, 2.05) is 0 Å². The first-order valence-electron chi connectivity index (χ1n) is 6.63. The van der Waals surface area contributed by atoms with Crippen LogP contribution in [0.15, 0.2) is 18.2 Å². The van der Waals surface area contributed by atoms with E-state index < -0.39 is 0 Å². The molecule has 1 heterocycles. The SMILES string of the molecule is CCC1CCOC(c2ccc(C)c(C)c2)CN1. The Morgan fingerprint density at radius 2 is 2.12 bits per heavy atom. The fourth-order valence-corrected chi connectivity index (χ4v) is 2.31. The van der Waals surface area contributed by atoms with Gasteiger partial charge in [0.15, 0.2) is 0 Å². The summed E-state index contributed by atoms with van der Waals surface area (Å²) in [6.07, 6.45) is 2.52. The van der Waals surface area contributed by atoms with E-state index in [0.717, 1.165) is 19.6 Å². The average Bonchev–Trinajstić information content (AvgIpc) is 2.58. The Morgan fingerprint density at radius 1 is 1.29 bits per heavy atom. The predicted octanol–water partition coefficient (Wildman–Crippen LogP) is 3.13. The summed E-state index contributed by atoms with van der Waals surface area (Å²) < 4.78 is 5.95. The fourth-order valence-electron chi connectivity index (χ4n) is 2.31. The average molecular weight is 233 g/mol. The van der Waals surface area contributed by atoms with Gasteiger partial charge in [-0.1, -0.05) is 25.1 Å². The number of ether oxygens (including phenoxy) is 1. The highest BCUT2D eigenvalue weighted by atomic mass is 16.5. The molecular weight excluding hydrogens is 210 g/mol. The standard InChI is InChI=1S/C15H23NO/c1-4-14-7-8-17-15(10-16-14)13-6-5-11(2)12(3)9-13/h5-6,9,14-16H,4,7-8,10H2,1-3H3. The summed E-state index contributed by atoms with van der Waals surface area (Å²) in [6.45, 7) is 8.34. The largest absolute Gasteiger partial charge is 0.372 e. The van der Waals surface area contributed by atoms with Gasteiger partial charge in [0.2, 0.25) is 0 Å². The van der Waals surface area contributed by atoms with E-state index in [9.17, 15) is 0 Å². The van der Waals surface area contributed by atoms with Crippen LogP contribution < -0.4 is 5.32 Å². The van der Waals surface area contributed by atoms with Crippen LogP contribution in [-0.2, 0) is 4.74 Å². The van der Waals surface area contributed by atoms with Crippen molar-refractivity contribution in [1.29, 1.82) is 0 Å². The lowest BCUT2D eigenvalue weighted by Crippen LogP contribution is -2.29. The molecule has 0 aliphatic carbocycles. The van der Waals surface area contributed by atoms with Gasteiger partial charge in [0.25, 0.3) is 0 Å². The van der Waals surface area contributed by atoms with Crippen molar-refractivity contribution < 1.29 is 4.74 Å². The molecule has 2 heteroatoms. The van der Waals surface area contributed by atoms with Crippen molar-refractivity contribution >= 4 is 0 Å². The first-order valence-corrected chi connectivity index (χ1v) is 6.63. The quantitative estimate of drug-likeness (QED) is 0.847. The minimum absolute atomic E-state index is 0.214. The Kier molecular flexibility index (Phi) is 4.19. The van der Waals surface area contributed by atoms with Crippen LogP contribution in [0.5, 0.6) is 0 Å². The minimum Gasteiger partial charge on any atom is -0.372 e. The molecule has 94 valence electrons. The van der Waals surface area contributed by atoms with E-state index in [-0.39, 0.29) is 6.10 Å². The molecule has 1 aliphatic heterocycles. The molecule has 0 saturated carbocycles. The molecular formula is C15H23NO. The number of nitrogens with one attached hydrogen (secondary N) is 1. The van der Waals surface area contributed by atoms with Crippen LogP contribution in [0.4, 0.5) is 0 Å². The van der Waals surface area contributed by atoms with Gasteiger partial charge in [0, 0.05) is 19.2 Å². The molecule has 0 radical (unpaired) electrons. The molecule has 17 heavy (non-hydrogen) atoms. The lowest BCUT2D eigenvalue weighted by Gasteiger charge is -2.17. The third-order valence-corrected chi connectivity index (χ3v) is 3.77. The van der Waals surface area contributed by atoms with Gasteiger partial charge >= 0.3 is 0 Å². The maximum Gasteiger partial charge on any atom is 0.0949 e. The highest BCUT2D eigenvalue weighted by Gasteiger charge is 2.19. The number of rotatable bonds is 2. The van der Waals surface area contributed by atoms with E-state index in [1.54, 1.807) is 0 Å². The second-order valence-corrected chi connectivity index (χ2v) is 5.01. The molecule has 0 spiro atoms. The Morgan fingerprint density at radius 3 is 2.82 bits per heavy atom. The van der Waals surface area contributed by atoms with Crippen molar-refractivity contribution in [2.24, 2.45) is 0 Å². The predicted molar refractivity (Wildman–Crippen MR) is 71.3 cm³/mol. The van der Waals surface area contributed by atoms with Crippen molar-refractivity contribution in [3.63, 3.8) is 0 Å². The maximum absolute atomic E-state index is 5.95. The zero-order valence-corrected chi connectivity index (χ0v) is 11.1. The van der Waals surface area contributed by atoms with Crippen LogP contribution in [0.1, 0.15) is 42.6 Å². The van der Waals surface area contributed by atoms with Crippen molar-refractivity contribution in [3.05, 3.63) is 34.9 Å². The van der Waals surface area contributed by atoms with Crippen molar-refractivity contribution in [2.75, 3.05) is 13.2 Å². The molecule has 1 aromatic rings.